The third-order valence-electron chi connectivity index (χ3n) is 2.13. The van der Waals surface area contributed by atoms with Gasteiger partial charge in [0, 0.05) is 6.54 Å². The van der Waals surface area contributed by atoms with E-state index in [4.69, 9.17) is 9.05 Å². The number of para-hydroxylation sites is 1. The van der Waals surface area contributed by atoms with Crippen LogP contribution in [0.25, 0.3) is 0 Å². The summed E-state index contributed by atoms with van der Waals surface area (Å²) in [6.45, 7) is 7.71. The Bertz CT molecular complexity index is 433. The fourth-order valence-electron chi connectivity index (χ4n) is 1.24. The second kappa shape index (κ2) is 7.17. The predicted octanol–water partition coefficient (Wildman–Crippen LogP) is 3.49. The molecule has 1 aromatic rings. The summed E-state index contributed by atoms with van der Waals surface area (Å²) < 4.78 is 24.9. The molecule has 0 aliphatic heterocycles. The Morgan fingerprint density at radius 3 is 2.50 bits per heavy atom. The Labute approximate surface area is 108 Å². The molecular weight excluding hydrogens is 249 g/mol. The molecule has 5 heteroatoms. The van der Waals surface area contributed by atoms with Crippen molar-refractivity contribution >= 4 is 7.75 Å². The molecule has 0 fully saturated rings. The standard InChI is InChI=1S/C13H18NO3P/c1-4-11-14(3)18(15,16-12-5-2)17-13-9-7-6-8-10-13/h4-10H,1-2,11-12H2,3H3. The van der Waals surface area contributed by atoms with E-state index in [-0.39, 0.29) is 6.61 Å². The van der Waals surface area contributed by atoms with Crippen molar-refractivity contribution in [1.82, 2.24) is 4.67 Å². The quantitative estimate of drug-likeness (QED) is 0.534. The first kappa shape index (κ1) is 14.7. The SMILES string of the molecule is C=CCOP(=O)(Oc1ccccc1)N(C)CC=C. The van der Waals surface area contributed by atoms with E-state index >= 15 is 0 Å². The van der Waals surface area contributed by atoms with Gasteiger partial charge in [-0.25, -0.2) is 4.57 Å². The summed E-state index contributed by atoms with van der Waals surface area (Å²) >= 11 is 0. The number of hydrogen-bond donors (Lipinski definition) is 0. The molecule has 0 aromatic heterocycles. The zero-order valence-electron chi connectivity index (χ0n) is 10.5. The van der Waals surface area contributed by atoms with Crippen LogP contribution in [0, 0.1) is 0 Å². The molecule has 0 radical (unpaired) electrons. The summed E-state index contributed by atoms with van der Waals surface area (Å²) in [4.78, 5) is 0. The third-order valence-corrected chi connectivity index (χ3v) is 4.05. The maximum absolute atomic E-state index is 12.6. The van der Waals surface area contributed by atoms with Gasteiger partial charge in [0.2, 0.25) is 0 Å². The van der Waals surface area contributed by atoms with Gasteiger partial charge < -0.3 is 4.52 Å². The highest BCUT2D eigenvalue weighted by Gasteiger charge is 2.31. The van der Waals surface area contributed by atoms with Crippen LogP contribution in [0.2, 0.25) is 0 Å². The molecule has 0 aliphatic carbocycles. The molecule has 1 rings (SSSR count). The average molecular weight is 267 g/mol. The Balaban J connectivity index is 2.86. The van der Waals surface area contributed by atoms with Crippen molar-refractivity contribution < 1.29 is 13.6 Å². The Morgan fingerprint density at radius 1 is 1.28 bits per heavy atom. The Hall–Kier alpha value is -1.35. The lowest BCUT2D eigenvalue weighted by molar-refractivity contribution is 0.244. The van der Waals surface area contributed by atoms with Crippen molar-refractivity contribution in [2.45, 2.75) is 0 Å². The lowest BCUT2D eigenvalue weighted by Crippen LogP contribution is -2.20. The summed E-state index contributed by atoms with van der Waals surface area (Å²) in [7, 11) is -1.71. The summed E-state index contributed by atoms with van der Waals surface area (Å²) in [5.74, 6) is 0.501. The van der Waals surface area contributed by atoms with E-state index in [9.17, 15) is 4.57 Å². The highest BCUT2D eigenvalue weighted by atomic mass is 31.2. The lowest BCUT2D eigenvalue weighted by atomic mass is 10.3. The first-order valence-corrected chi connectivity index (χ1v) is 7.04. The van der Waals surface area contributed by atoms with E-state index in [0.717, 1.165) is 0 Å². The van der Waals surface area contributed by atoms with Crippen molar-refractivity contribution in [3.05, 3.63) is 55.6 Å². The van der Waals surface area contributed by atoms with Crippen LogP contribution in [0.4, 0.5) is 0 Å². The zero-order valence-corrected chi connectivity index (χ0v) is 11.4. The van der Waals surface area contributed by atoms with E-state index in [1.807, 2.05) is 6.07 Å². The van der Waals surface area contributed by atoms with Crippen molar-refractivity contribution in [3.8, 4) is 5.75 Å². The molecule has 0 saturated heterocycles. The molecule has 1 unspecified atom stereocenters. The van der Waals surface area contributed by atoms with Gasteiger partial charge in [0.25, 0.3) is 0 Å². The molecule has 0 saturated carbocycles. The highest BCUT2D eigenvalue weighted by molar-refractivity contribution is 7.51. The Kier molecular flexibility index (Phi) is 5.86. The molecule has 0 bridgehead atoms. The van der Waals surface area contributed by atoms with Gasteiger partial charge >= 0.3 is 7.75 Å². The minimum absolute atomic E-state index is 0.158. The molecule has 18 heavy (non-hydrogen) atoms. The number of benzene rings is 1. The van der Waals surface area contributed by atoms with Gasteiger partial charge in [-0.2, -0.15) is 4.67 Å². The van der Waals surface area contributed by atoms with Gasteiger partial charge in [-0.1, -0.05) is 30.4 Å². The highest BCUT2D eigenvalue weighted by Crippen LogP contribution is 2.50. The van der Waals surface area contributed by atoms with Crippen LogP contribution in [-0.2, 0) is 9.09 Å². The summed E-state index contributed by atoms with van der Waals surface area (Å²) in [6.07, 6.45) is 3.17. The van der Waals surface area contributed by atoms with E-state index in [1.165, 1.54) is 10.7 Å². The maximum Gasteiger partial charge on any atom is 0.461 e. The average Bonchev–Trinajstić information content (AvgIpc) is 2.38. The first-order valence-electron chi connectivity index (χ1n) is 5.55. The smallest absolute Gasteiger partial charge is 0.413 e. The fourth-order valence-corrected chi connectivity index (χ4v) is 2.63. The first-order chi connectivity index (χ1) is 8.62. The molecule has 0 aliphatic rings. The van der Waals surface area contributed by atoms with Crippen LogP contribution in [0.1, 0.15) is 0 Å². The van der Waals surface area contributed by atoms with Crippen molar-refractivity contribution in [2.24, 2.45) is 0 Å². The van der Waals surface area contributed by atoms with Gasteiger partial charge in [0.15, 0.2) is 0 Å². The van der Waals surface area contributed by atoms with Crippen LogP contribution in [0.3, 0.4) is 0 Å². The van der Waals surface area contributed by atoms with E-state index in [0.29, 0.717) is 12.3 Å². The second-order valence-corrected chi connectivity index (χ2v) is 5.65. The summed E-state index contributed by atoms with van der Waals surface area (Å²) in [6, 6.07) is 8.93. The van der Waals surface area contributed by atoms with Crippen LogP contribution < -0.4 is 4.52 Å². The van der Waals surface area contributed by atoms with E-state index < -0.39 is 7.75 Å². The number of likely N-dealkylation sites (N-methyl/N-ethyl adjacent to an activating group) is 1. The van der Waals surface area contributed by atoms with Crippen molar-refractivity contribution in [1.29, 1.82) is 0 Å². The van der Waals surface area contributed by atoms with Gasteiger partial charge in [-0.15, -0.1) is 13.2 Å². The van der Waals surface area contributed by atoms with Crippen molar-refractivity contribution in [3.63, 3.8) is 0 Å². The van der Waals surface area contributed by atoms with Crippen LogP contribution in [0.15, 0.2) is 55.6 Å². The molecule has 98 valence electrons. The summed E-state index contributed by atoms with van der Waals surface area (Å²) in [5.41, 5.74) is 0. The van der Waals surface area contributed by atoms with E-state index in [2.05, 4.69) is 13.2 Å². The predicted molar refractivity (Wildman–Crippen MR) is 73.7 cm³/mol. The van der Waals surface area contributed by atoms with Crippen molar-refractivity contribution in [2.75, 3.05) is 20.2 Å². The molecule has 4 nitrogen and oxygen atoms in total. The molecule has 1 aromatic carbocycles. The van der Waals surface area contributed by atoms with Gasteiger partial charge in [0.05, 0.1) is 6.61 Å². The minimum Gasteiger partial charge on any atom is -0.413 e. The second-order valence-electron chi connectivity index (χ2n) is 3.59. The number of nitrogens with zero attached hydrogens (tertiary/aromatic N) is 1. The zero-order chi connectivity index (χ0) is 13.4. The van der Waals surface area contributed by atoms with Gasteiger partial charge in [-0.3, -0.25) is 4.52 Å². The molecular formula is C13H18NO3P. The molecule has 0 spiro atoms. The normalized spacial score (nSPS) is 13.9. The molecule has 0 amide bonds. The monoisotopic (exact) mass is 267 g/mol. The fraction of sp³-hybridized carbons (Fsp3) is 0.231. The number of rotatable bonds is 8. The van der Waals surface area contributed by atoms with Crippen LogP contribution in [-0.4, -0.2) is 24.9 Å². The lowest BCUT2D eigenvalue weighted by Gasteiger charge is -2.25. The largest absolute Gasteiger partial charge is 0.461 e. The molecule has 0 N–H and O–H groups in total. The van der Waals surface area contributed by atoms with Gasteiger partial charge in [0.1, 0.15) is 5.75 Å². The molecule has 1 atom stereocenters. The minimum atomic E-state index is -3.37. The van der Waals surface area contributed by atoms with Gasteiger partial charge in [-0.05, 0) is 19.2 Å². The summed E-state index contributed by atoms with van der Waals surface area (Å²) in [5, 5.41) is 0. The molecule has 0 heterocycles. The topological polar surface area (TPSA) is 38.8 Å². The van der Waals surface area contributed by atoms with Crippen LogP contribution in [0.5, 0.6) is 5.75 Å². The Morgan fingerprint density at radius 2 is 1.94 bits per heavy atom. The third kappa shape index (κ3) is 4.15. The maximum atomic E-state index is 12.6. The van der Waals surface area contributed by atoms with Crippen LogP contribution >= 0.6 is 7.75 Å². The number of hydrogen-bond acceptors (Lipinski definition) is 3. The van der Waals surface area contributed by atoms with E-state index in [1.54, 1.807) is 37.4 Å².